The van der Waals surface area contributed by atoms with Gasteiger partial charge in [-0.3, -0.25) is 0 Å². The first kappa shape index (κ1) is 13.2. The van der Waals surface area contributed by atoms with Crippen molar-refractivity contribution in [2.24, 2.45) is 0 Å². The van der Waals surface area contributed by atoms with E-state index in [-0.39, 0.29) is 0 Å². The first-order valence-electron chi connectivity index (χ1n) is 5.09. The highest BCUT2D eigenvalue weighted by atomic mass is 79.9. The van der Waals surface area contributed by atoms with Gasteiger partial charge in [-0.05, 0) is 54.2 Å². The summed E-state index contributed by atoms with van der Waals surface area (Å²) in [7, 11) is 3.77. The van der Waals surface area contributed by atoms with Crippen LogP contribution in [-0.4, -0.2) is 26.3 Å². The van der Waals surface area contributed by atoms with Crippen LogP contribution in [0.5, 0.6) is 0 Å². The molecule has 2 unspecified atom stereocenters. The molecular formula is C11H18BrNOS. The third kappa shape index (κ3) is 4.23. The smallest absolute Gasteiger partial charge is 0.0558 e. The number of hydrogen-bond acceptors (Lipinski definition) is 3. The van der Waals surface area contributed by atoms with Crippen LogP contribution in [0.2, 0.25) is 0 Å². The van der Waals surface area contributed by atoms with Crippen LogP contribution in [-0.2, 0) is 11.2 Å². The van der Waals surface area contributed by atoms with Crippen molar-refractivity contribution in [2.45, 2.75) is 31.9 Å². The Morgan fingerprint density at radius 3 is 2.80 bits per heavy atom. The van der Waals surface area contributed by atoms with E-state index in [1.54, 1.807) is 18.4 Å². The van der Waals surface area contributed by atoms with E-state index in [9.17, 15) is 0 Å². The summed E-state index contributed by atoms with van der Waals surface area (Å²) in [6.45, 7) is 2.10. The molecule has 2 atom stereocenters. The number of hydrogen-bond donors (Lipinski definition) is 1. The van der Waals surface area contributed by atoms with E-state index in [2.05, 4.69) is 39.6 Å². The standard InChI is InChI=1S/C11H18BrNOS/c1-8(14-3)6-9(13-2)7-11-10(12)4-5-15-11/h4-5,8-9,13H,6-7H2,1-3H3. The monoisotopic (exact) mass is 291 g/mol. The van der Waals surface area contributed by atoms with Crippen molar-refractivity contribution in [1.82, 2.24) is 5.32 Å². The molecule has 15 heavy (non-hydrogen) atoms. The van der Waals surface area contributed by atoms with Crippen molar-refractivity contribution in [3.05, 3.63) is 20.8 Å². The van der Waals surface area contributed by atoms with Crippen LogP contribution in [0.1, 0.15) is 18.2 Å². The van der Waals surface area contributed by atoms with Crippen LogP contribution < -0.4 is 5.32 Å². The van der Waals surface area contributed by atoms with Gasteiger partial charge in [-0.1, -0.05) is 0 Å². The molecule has 0 amide bonds. The lowest BCUT2D eigenvalue weighted by Crippen LogP contribution is -2.31. The minimum atomic E-state index is 0.307. The highest BCUT2D eigenvalue weighted by molar-refractivity contribution is 9.10. The van der Waals surface area contributed by atoms with E-state index in [0.29, 0.717) is 12.1 Å². The molecule has 1 aromatic rings. The minimum Gasteiger partial charge on any atom is -0.382 e. The summed E-state index contributed by atoms with van der Waals surface area (Å²) in [5, 5.41) is 5.46. The van der Waals surface area contributed by atoms with E-state index in [0.717, 1.165) is 12.8 Å². The van der Waals surface area contributed by atoms with Crippen LogP contribution in [0, 0.1) is 0 Å². The van der Waals surface area contributed by atoms with E-state index in [1.807, 2.05) is 7.05 Å². The zero-order chi connectivity index (χ0) is 11.3. The predicted octanol–water partition coefficient (Wildman–Crippen LogP) is 3.07. The van der Waals surface area contributed by atoms with E-state index < -0.39 is 0 Å². The third-order valence-electron chi connectivity index (χ3n) is 2.55. The molecule has 4 heteroatoms. The van der Waals surface area contributed by atoms with Crippen LogP contribution in [0.15, 0.2) is 15.9 Å². The molecule has 1 rings (SSSR count). The molecule has 0 aliphatic rings. The maximum absolute atomic E-state index is 5.28. The van der Waals surface area contributed by atoms with Crippen molar-refractivity contribution in [1.29, 1.82) is 0 Å². The summed E-state index contributed by atoms with van der Waals surface area (Å²) >= 11 is 5.36. The molecule has 0 bridgehead atoms. The number of halogens is 1. The van der Waals surface area contributed by atoms with E-state index in [1.165, 1.54) is 9.35 Å². The topological polar surface area (TPSA) is 21.3 Å². The fraction of sp³-hybridized carbons (Fsp3) is 0.636. The lowest BCUT2D eigenvalue weighted by molar-refractivity contribution is 0.101. The number of ether oxygens (including phenoxy) is 1. The quantitative estimate of drug-likeness (QED) is 0.870. The Labute approximate surface area is 104 Å². The first-order valence-corrected chi connectivity index (χ1v) is 6.76. The highest BCUT2D eigenvalue weighted by Gasteiger charge is 2.13. The molecule has 1 aromatic heterocycles. The van der Waals surface area contributed by atoms with E-state index in [4.69, 9.17) is 4.74 Å². The van der Waals surface area contributed by atoms with Gasteiger partial charge < -0.3 is 10.1 Å². The molecule has 0 aliphatic heterocycles. The molecule has 2 nitrogen and oxygen atoms in total. The maximum Gasteiger partial charge on any atom is 0.0558 e. The molecule has 1 heterocycles. The molecule has 86 valence electrons. The number of likely N-dealkylation sites (N-methyl/N-ethyl adjacent to an activating group) is 1. The van der Waals surface area contributed by atoms with Crippen LogP contribution in [0.3, 0.4) is 0 Å². The number of rotatable bonds is 6. The van der Waals surface area contributed by atoms with Crippen LogP contribution in [0.25, 0.3) is 0 Å². The molecule has 0 aliphatic carbocycles. The fourth-order valence-electron chi connectivity index (χ4n) is 1.49. The van der Waals surface area contributed by atoms with Crippen molar-refractivity contribution in [3.8, 4) is 0 Å². The molecule has 0 radical (unpaired) electrons. The van der Waals surface area contributed by atoms with Gasteiger partial charge in [0.05, 0.1) is 6.10 Å². The predicted molar refractivity (Wildman–Crippen MR) is 69.7 cm³/mol. The Kier molecular flexibility index (Phi) is 5.82. The van der Waals surface area contributed by atoms with Crippen LogP contribution >= 0.6 is 27.3 Å². The van der Waals surface area contributed by atoms with Gasteiger partial charge in [0.2, 0.25) is 0 Å². The lowest BCUT2D eigenvalue weighted by Gasteiger charge is -2.19. The summed E-state index contributed by atoms with van der Waals surface area (Å²) in [4.78, 5) is 1.40. The second kappa shape index (κ2) is 6.63. The molecule has 0 fully saturated rings. The van der Waals surface area contributed by atoms with Gasteiger partial charge in [-0.25, -0.2) is 0 Å². The molecule has 0 spiro atoms. The van der Waals surface area contributed by atoms with Crippen molar-refractivity contribution in [2.75, 3.05) is 14.2 Å². The summed E-state index contributed by atoms with van der Waals surface area (Å²) in [6.07, 6.45) is 2.40. The number of methoxy groups -OCH3 is 1. The molecule has 0 saturated carbocycles. The molecule has 1 N–H and O–H groups in total. The summed E-state index contributed by atoms with van der Waals surface area (Å²) in [5.74, 6) is 0. The highest BCUT2D eigenvalue weighted by Crippen LogP contribution is 2.24. The largest absolute Gasteiger partial charge is 0.382 e. The van der Waals surface area contributed by atoms with Crippen molar-refractivity contribution >= 4 is 27.3 Å². The summed E-state index contributed by atoms with van der Waals surface area (Å²) < 4.78 is 6.50. The second-order valence-electron chi connectivity index (χ2n) is 3.66. The van der Waals surface area contributed by atoms with Gasteiger partial charge >= 0.3 is 0 Å². The summed E-state index contributed by atoms with van der Waals surface area (Å²) in [5.41, 5.74) is 0. The molecule has 0 saturated heterocycles. The van der Waals surface area contributed by atoms with Gasteiger partial charge in [-0.2, -0.15) is 0 Å². The van der Waals surface area contributed by atoms with Gasteiger partial charge in [0.15, 0.2) is 0 Å². The fourth-order valence-corrected chi connectivity index (χ4v) is 3.09. The van der Waals surface area contributed by atoms with Gasteiger partial charge in [0.25, 0.3) is 0 Å². The normalized spacial score (nSPS) is 15.2. The average Bonchev–Trinajstić information content (AvgIpc) is 2.63. The maximum atomic E-state index is 5.28. The first-order chi connectivity index (χ1) is 7.17. The van der Waals surface area contributed by atoms with Crippen molar-refractivity contribution in [3.63, 3.8) is 0 Å². The number of thiophene rings is 1. The van der Waals surface area contributed by atoms with Crippen LogP contribution in [0.4, 0.5) is 0 Å². The molecular weight excluding hydrogens is 274 g/mol. The zero-order valence-corrected chi connectivity index (χ0v) is 11.8. The SMILES string of the molecule is CNC(Cc1sccc1Br)CC(C)OC. The average molecular weight is 292 g/mol. The van der Waals surface area contributed by atoms with Crippen molar-refractivity contribution < 1.29 is 4.74 Å². The zero-order valence-electron chi connectivity index (χ0n) is 9.42. The Morgan fingerprint density at radius 2 is 2.33 bits per heavy atom. The molecule has 0 aromatic carbocycles. The Balaban J connectivity index is 2.50. The van der Waals surface area contributed by atoms with E-state index >= 15 is 0 Å². The van der Waals surface area contributed by atoms with Gasteiger partial charge in [-0.15, -0.1) is 11.3 Å². The minimum absolute atomic E-state index is 0.307. The van der Waals surface area contributed by atoms with Gasteiger partial charge in [0.1, 0.15) is 0 Å². The number of nitrogens with one attached hydrogen (secondary N) is 1. The Morgan fingerprint density at radius 1 is 1.60 bits per heavy atom. The Hall–Kier alpha value is 0.1000. The second-order valence-corrected chi connectivity index (χ2v) is 5.52. The third-order valence-corrected chi connectivity index (χ3v) is 4.50. The Bertz CT molecular complexity index is 290. The van der Waals surface area contributed by atoms with Gasteiger partial charge in [0, 0.05) is 22.5 Å². The lowest BCUT2D eigenvalue weighted by atomic mass is 10.1. The summed E-state index contributed by atoms with van der Waals surface area (Å²) in [6, 6.07) is 2.59.